The third kappa shape index (κ3) is 4.01. The third-order valence-corrected chi connectivity index (χ3v) is 4.90. The van der Waals surface area contributed by atoms with Gasteiger partial charge in [-0.2, -0.15) is 0 Å². The molecule has 1 saturated heterocycles. The summed E-state index contributed by atoms with van der Waals surface area (Å²) in [6.45, 7) is 3.03. The zero-order valence-electron chi connectivity index (χ0n) is 13.6. The fraction of sp³-hybridized carbons (Fsp3) is 0.611. The topological polar surface area (TPSA) is 44.9 Å². The van der Waals surface area contributed by atoms with Crippen LogP contribution in [0.2, 0.25) is 0 Å². The molecule has 1 aliphatic heterocycles. The van der Waals surface area contributed by atoms with E-state index < -0.39 is 0 Å². The number of nitrogens with zero attached hydrogens (tertiary/aromatic N) is 3. The monoisotopic (exact) mass is 300 g/mol. The molecule has 22 heavy (non-hydrogen) atoms. The summed E-state index contributed by atoms with van der Waals surface area (Å²) in [6.07, 6.45) is 6.36. The Balaban J connectivity index is 1.58. The number of hydrogen-bond acceptors (Lipinski definition) is 2. The van der Waals surface area contributed by atoms with E-state index in [-0.39, 0.29) is 0 Å². The number of hydrogen-bond donors (Lipinski definition) is 1. The average Bonchev–Trinajstić information content (AvgIpc) is 3.39. The lowest BCUT2D eigenvalue weighted by atomic mass is 10.0. The number of guanidine groups is 1. The minimum Gasteiger partial charge on any atom is -0.370 e. The number of likely N-dealkylation sites (tertiary alicyclic amines) is 1. The van der Waals surface area contributed by atoms with E-state index in [9.17, 15) is 0 Å². The fourth-order valence-corrected chi connectivity index (χ4v) is 3.25. The molecule has 4 nitrogen and oxygen atoms in total. The zero-order valence-corrected chi connectivity index (χ0v) is 13.6. The summed E-state index contributed by atoms with van der Waals surface area (Å²) < 4.78 is 0. The van der Waals surface area contributed by atoms with Crippen molar-refractivity contribution in [2.45, 2.75) is 50.7 Å². The molecule has 2 fully saturated rings. The summed E-state index contributed by atoms with van der Waals surface area (Å²) in [5.41, 5.74) is 7.52. The highest BCUT2D eigenvalue weighted by molar-refractivity contribution is 5.78. The SMILES string of the molecule is CN(C(N)=NCC1CCCCN1Cc1ccccc1)C1CC1. The van der Waals surface area contributed by atoms with Crippen LogP contribution in [0.25, 0.3) is 0 Å². The molecular weight excluding hydrogens is 272 g/mol. The highest BCUT2D eigenvalue weighted by Crippen LogP contribution is 2.25. The first-order valence-electron chi connectivity index (χ1n) is 8.55. The van der Waals surface area contributed by atoms with E-state index in [1.165, 1.54) is 44.2 Å². The summed E-state index contributed by atoms with van der Waals surface area (Å²) in [4.78, 5) is 9.40. The molecule has 0 spiro atoms. The van der Waals surface area contributed by atoms with Gasteiger partial charge in [0.05, 0.1) is 6.54 Å². The third-order valence-electron chi connectivity index (χ3n) is 4.90. The second kappa shape index (κ2) is 7.14. The quantitative estimate of drug-likeness (QED) is 0.671. The summed E-state index contributed by atoms with van der Waals surface area (Å²) >= 11 is 0. The molecule has 120 valence electrons. The van der Waals surface area contributed by atoms with Crippen molar-refractivity contribution < 1.29 is 0 Å². The van der Waals surface area contributed by atoms with Crippen molar-refractivity contribution in [3.05, 3.63) is 35.9 Å². The number of rotatable bonds is 5. The lowest BCUT2D eigenvalue weighted by Crippen LogP contribution is -2.42. The van der Waals surface area contributed by atoms with Crippen LogP contribution >= 0.6 is 0 Å². The van der Waals surface area contributed by atoms with Crippen molar-refractivity contribution in [1.29, 1.82) is 0 Å². The molecule has 1 atom stereocenters. The van der Waals surface area contributed by atoms with E-state index in [4.69, 9.17) is 5.73 Å². The molecule has 0 bridgehead atoms. The summed E-state index contributed by atoms with van der Waals surface area (Å²) in [5.74, 6) is 0.715. The number of nitrogens with two attached hydrogens (primary N) is 1. The van der Waals surface area contributed by atoms with Crippen LogP contribution in [-0.2, 0) is 6.54 Å². The van der Waals surface area contributed by atoms with Gasteiger partial charge in [0.25, 0.3) is 0 Å². The van der Waals surface area contributed by atoms with Crippen molar-refractivity contribution in [3.63, 3.8) is 0 Å². The van der Waals surface area contributed by atoms with Crippen molar-refractivity contribution in [3.8, 4) is 0 Å². The van der Waals surface area contributed by atoms with Crippen LogP contribution < -0.4 is 5.73 Å². The van der Waals surface area contributed by atoms with Gasteiger partial charge in [0.1, 0.15) is 0 Å². The Morgan fingerprint density at radius 1 is 1.23 bits per heavy atom. The Kier molecular flexibility index (Phi) is 4.98. The second-order valence-electron chi connectivity index (χ2n) is 6.65. The van der Waals surface area contributed by atoms with Crippen LogP contribution in [0.15, 0.2) is 35.3 Å². The van der Waals surface area contributed by atoms with Gasteiger partial charge in [0, 0.05) is 25.7 Å². The lowest BCUT2D eigenvalue weighted by molar-refractivity contribution is 0.145. The van der Waals surface area contributed by atoms with E-state index in [2.05, 4.69) is 52.2 Å². The number of piperidine rings is 1. The van der Waals surface area contributed by atoms with Gasteiger partial charge in [-0.1, -0.05) is 36.8 Å². The van der Waals surface area contributed by atoms with Crippen molar-refractivity contribution in [2.24, 2.45) is 10.7 Å². The maximum Gasteiger partial charge on any atom is 0.191 e. The van der Waals surface area contributed by atoms with Gasteiger partial charge in [0.2, 0.25) is 0 Å². The van der Waals surface area contributed by atoms with Gasteiger partial charge >= 0.3 is 0 Å². The molecule has 1 aromatic carbocycles. The Hall–Kier alpha value is -1.55. The van der Waals surface area contributed by atoms with Gasteiger partial charge in [-0.05, 0) is 37.8 Å². The van der Waals surface area contributed by atoms with Crippen LogP contribution in [-0.4, -0.2) is 48.0 Å². The van der Waals surface area contributed by atoms with Gasteiger partial charge in [-0.3, -0.25) is 9.89 Å². The Morgan fingerprint density at radius 3 is 2.73 bits per heavy atom. The van der Waals surface area contributed by atoms with E-state index in [1.54, 1.807) is 0 Å². The van der Waals surface area contributed by atoms with Crippen LogP contribution in [0.3, 0.4) is 0 Å². The smallest absolute Gasteiger partial charge is 0.191 e. The molecule has 0 aromatic heterocycles. The molecule has 1 aromatic rings. The predicted octanol–water partition coefficient (Wildman–Crippen LogP) is 2.45. The molecule has 1 aliphatic carbocycles. The number of benzene rings is 1. The normalized spacial score (nSPS) is 23.5. The molecule has 4 heteroatoms. The predicted molar refractivity (Wildman–Crippen MR) is 91.8 cm³/mol. The molecule has 1 heterocycles. The fourth-order valence-electron chi connectivity index (χ4n) is 3.25. The first-order valence-corrected chi connectivity index (χ1v) is 8.55. The molecule has 1 saturated carbocycles. The standard InChI is InChI=1S/C18H28N4/c1-21(16-10-11-16)18(19)20-13-17-9-5-6-12-22(17)14-15-7-3-2-4-8-15/h2-4,7-8,16-17H,5-6,9-14H2,1H3,(H2,19,20). The van der Waals surface area contributed by atoms with Gasteiger partial charge in [-0.15, -0.1) is 0 Å². The minimum atomic E-state index is 0.528. The van der Waals surface area contributed by atoms with Crippen molar-refractivity contribution >= 4 is 5.96 Å². The molecule has 0 radical (unpaired) electrons. The molecule has 1 unspecified atom stereocenters. The Labute approximate surface area is 134 Å². The Bertz CT molecular complexity index is 495. The molecule has 0 amide bonds. The Morgan fingerprint density at radius 2 is 2.00 bits per heavy atom. The highest BCUT2D eigenvalue weighted by atomic mass is 15.3. The van der Waals surface area contributed by atoms with E-state index in [1.807, 2.05) is 0 Å². The van der Waals surface area contributed by atoms with Crippen LogP contribution in [0, 0.1) is 0 Å². The largest absolute Gasteiger partial charge is 0.370 e. The van der Waals surface area contributed by atoms with Gasteiger partial charge in [-0.25, -0.2) is 0 Å². The summed E-state index contributed by atoms with van der Waals surface area (Å²) in [6, 6.07) is 11.9. The van der Waals surface area contributed by atoms with Crippen LogP contribution in [0.1, 0.15) is 37.7 Å². The lowest BCUT2D eigenvalue weighted by Gasteiger charge is -2.35. The molecule has 2 N–H and O–H groups in total. The van der Waals surface area contributed by atoms with Crippen molar-refractivity contribution in [1.82, 2.24) is 9.80 Å². The first-order chi connectivity index (χ1) is 10.7. The average molecular weight is 300 g/mol. The molecular formula is C18H28N4. The van der Waals surface area contributed by atoms with Crippen LogP contribution in [0.5, 0.6) is 0 Å². The van der Waals surface area contributed by atoms with E-state index in [0.717, 1.165) is 13.1 Å². The van der Waals surface area contributed by atoms with E-state index >= 15 is 0 Å². The second-order valence-corrected chi connectivity index (χ2v) is 6.65. The van der Waals surface area contributed by atoms with Gasteiger partial charge in [0.15, 0.2) is 5.96 Å². The first kappa shape index (κ1) is 15.3. The van der Waals surface area contributed by atoms with E-state index in [0.29, 0.717) is 18.0 Å². The van der Waals surface area contributed by atoms with Crippen molar-refractivity contribution in [2.75, 3.05) is 20.1 Å². The number of aliphatic imine (C=N–C) groups is 1. The minimum absolute atomic E-state index is 0.528. The summed E-state index contributed by atoms with van der Waals surface area (Å²) in [5, 5.41) is 0. The summed E-state index contributed by atoms with van der Waals surface area (Å²) in [7, 11) is 2.07. The maximum absolute atomic E-state index is 6.13. The highest BCUT2D eigenvalue weighted by Gasteiger charge is 2.28. The molecule has 3 rings (SSSR count). The van der Waals surface area contributed by atoms with Gasteiger partial charge < -0.3 is 10.6 Å². The van der Waals surface area contributed by atoms with Crippen LogP contribution in [0.4, 0.5) is 0 Å². The maximum atomic E-state index is 6.13. The molecule has 2 aliphatic rings. The zero-order chi connectivity index (χ0) is 15.4.